The second-order valence-corrected chi connectivity index (χ2v) is 3.25. The number of nitriles is 1. The van der Waals surface area contributed by atoms with Gasteiger partial charge in [0.15, 0.2) is 0 Å². The third-order valence-electron chi connectivity index (χ3n) is 1.87. The highest BCUT2D eigenvalue weighted by molar-refractivity contribution is 6.30. The Morgan fingerprint density at radius 1 is 1.64 bits per heavy atom. The molecule has 1 rings (SSSR count). The lowest BCUT2D eigenvalue weighted by molar-refractivity contribution is -0.385. The van der Waals surface area contributed by atoms with E-state index in [0.29, 0.717) is 16.1 Å². The van der Waals surface area contributed by atoms with Crippen molar-refractivity contribution < 1.29 is 4.92 Å². The quantitative estimate of drug-likeness (QED) is 0.557. The molecule has 14 heavy (non-hydrogen) atoms. The zero-order valence-electron chi connectivity index (χ0n) is 7.45. The fourth-order valence-electron chi connectivity index (χ4n) is 1.23. The summed E-state index contributed by atoms with van der Waals surface area (Å²) in [4.78, 5) is 10.1. The van der Waals surface area contributed by atoms with E-state index in [2.05, 4.69) is 0 Å². The molecule has 0 N–H and O–H groups in total. The number of halogens is 1. The molecule has 0 aliphatic rings. The minimum Gasteiger partial charge on any atom is -0.258 e. The van der Waals surface area contributed by atoms with E-state index in [1.165, 1.54) is 6.07 Å². The molecule has 0 fully saturated rings. The average molecular weight is 211 g/mol. The molecule has 1 aromatic rings. The van der Waals surface area contributed by atoms with Crippen molar-refractivity contribution in [3.63, 3.8) is 0 Å². The summed E-state index contributed by atoms with van der Waals surface area (Å²) in [5.41, 5.74) is 1.02. The van der Waals surface area contributed by atoms with Crippen LogP contribution < -0.4 is 0 Å². The molecule has 0 saturated carbocycles. The molecule has 4 nitrogen and oxygen atoms in total. The van der Waals surface area contributed by atoms with Crippen molar-refractivity contribution >= 4 is 17.3 Å². The SMILES string of the molecule is Cc1cc(Cl)cc([N+](=O)[O-])c1CC#N. The van der Waals surface area contributed by atoms with Crippen LogP contribution in [0, 0.1) is 28.4 Å². The van der Waals surface area contributed by atoms with Crippen molar-refractivity contribution in [3.8, 4) is 6.07 Å². The molecule has 0 aromatic heterocycles. The first kappa shape index (κ1) is 10.5. The molecule has 0 amide bonds. The predicted octanol–water partition coefficient (Wildman–Crippen LogP) is 2.62. The smallest absolute Gasteiger partial charge is 0.258 e. The van der Waals surface area contributed by atoms with Crippen LogP contribution in [0.1, 0.15) is 11.1 Å². The minimum atomic E-state index is -0.522. The molecular formula is C9H7ClN2O2. The number of benzene rings is 1. The van der Waals surface area contributed by atoms with Gasteiger partial charge in [0.1, 0.15) is 0 Å². The second kappa shape index (κ2) is 4.07. The van der Waals surface area contributed by atoms with Gasteiger partial charge >= 0.3 is 0 Å². The van der Waals surface area contributed by atoms with Crippen molar-refractivity contribution in [1.82, 2.24) is 0 Å². The summed E-state index contributed by atoms with van der Waals surface area (Å²) < 4.78 is 0. The molecule has 0 radical (unpaired) electrons. The van der Waals surface area contributed by atoms with Gasteiger partial charge in [0.05, 0.1) is 17.4 Å². The Morgan fingerprint density at radius 3 is 2.79 bits per heavy atom. The number of hydrogen-bond acceptors (Lipinski definition) is 3. The van der Waals surface area contributed by atoms with Crippen LogP contribution in [0.2, 0.25) is 5.02 Å². The Hall–Kier alpha value is -1.60. The lowest BCUT2D eigenvalue weighted by Gasteiger charge is -2.03. The van der Waals surface area contributed by atoms with Crippen molar-refractivity contribution in [2.45, 2.75) is 13.3 Å². The van der Waals surface area contributed by atoms with Crippen LogP contribution in [0.25, 0.3) is 0 Å². The number of hydrogen-bond donors (Lipinski definition) is 0. The maximum Gasteiger partial charge on any atom is 0.275 e. The van der Waals surface area contributed by atoms with Gasteiger partial charge in [-0.25, -0.2) is 0 Å². The molecule has 0 unspecified atom stereocenters. The summed E-state index contributed by atoms with van der Waals surface area (Å²) in [7, 11) is 0. The summed E-state index contributed by atoms with van der Waals surface area (Å²) in [5.74, 6) is 0. The Morgan fingerprint density at radius 2 is 2.29 bits per heavy atom. The maximum atomic E-state index is 10.6. The van der Waals surface area contributed by atoms with Gasteiger partial charge in [-0.15, -0.1) is 0 Å². The van der Waals surface area contributed by atoms with Crippen LogP contribution in [0.4, 0.5) is 5.69 Å². The molecule has 0 atom stereocenters. The summed E-state index contributed by atoms with van der Waals surface area (Å²) in [5, 5.41) is 19.5. The predicted molar refractivity (Wildman–Crippen MR) is 52.2 cm³/mol. The molecule has 1 aromatic carbocycles. The molecule has 0 aliphatic heterocycles. The monoisotopic (exact) mass is 210 g/mol. The number of aryl methyl sites for hydroxylation is 1. The lowest BCUT2D eigenvalue weighted by Crippen LogP contribution is -1.97. The van der Waals surface area contributed by atoms with Gasteiger partial charge in [-0.1, -0.05) is 11.6 Å². The molecule has 0 saturated heterocycles. The third-order valence-corrected chi connectivity index (χ3v) is 2.08. The molecule has 0 aliphatic carbocycles. The highest BCUT2D eigenvalue weighted by atomic mass is 35.5. The molecule has 0 spiro atoms. The fourth-order valence-corrected chi connectivity index (χ4v) is 1.49. The van der Waals surface area contributed by atoms with Gasteiger partial charge in [0, 0.05) is 16.7 Å². The number of nitro groups is 1. The number of nitro benzene ring substituents is 1. The zero-order valence-corrected chi connectivity index (χ0v) is 8.21. The van der Waals surface area contributed by atoms with Crippen LogP contribution in [-0.4, -0.2) is 4.92 Å². The summed E-state index contributed by atoms with van der Waals surface area (Å²) in [6.07, 6.45) is 0.0271. The normalized spacial score (nSPS) is 9.50. The van der Waals surface area contributed by atoms with Gasteiger partial charge < -0.3 is 0 Å². The summed E-state index contributed by atoms with van der Waals surface area (Å²) in [6.45, 7) is 1.70. The molecule has 0 heterocycles. The van der Waals surface area contributed by atoms with Crippen molar-refractivity contribution in [2.24, 2.45) is 0 Å². The second-order valence-electron chi connectivity index (χ2n) is 2.81. The zero-order chi connectivity index (χ0) is 10.7. The van der Waals surface area contributed by atoms with Gasteiger partial charge in [-0.2, -0.15) is 5.26 Å². The first-order valence-electron chi connectivity index (χ1n) is 3.86. The van der Waals surface area contributed by atoms with Crippen molar-refractivity contribution in [3.05, 3.63) is 38.4 Å². The van der Waals surface area contributed by atoms with Crippen LogP contribution in [0.3, 0.4) is 0 Å². The topological polar surface area (TPSA) is 66.9 Å². The first-order chi connectivity index (χ1) is 6.56. The highest BCUT2D eigenvalue weighted by Crippen LogP contribution is 2.27. The van der Waals surface area contributed by atoms with Crippen LogP contribution in [-0.2, 0) is 6.42 Å². The number of rotatable bonds is 2. The molecule has 72 valence electrons. The average Bonchev–Trinajstić information content (AvgIpc) is 2.09. The van der Waals surface area contributed by atoms with Crippen molar-refractivity contribution in [2.75, 3.05) is 0 Å². The lowest BCUT2D eigenvalue weighted by atomic mass is 10.0. The third kappa shape index (κ3) is 2.01. The first-order valence-corrected chi connectivity index (χ1v) is 4.24. The van der Waals surface area contributed by atoms with Gasteiger partial charge in [0.25, 0.3) is 5.69 Å². The van der Waals surface area contributed by atoms with Gasteiger partial charge in [-0.05, 0) is 18.6 Å². The molecular weight excluding hydrogens is 204 g/mol. The van der Waals surface area contributed by atoms with Crippen LogP contribution >= 0.6 is 11.6 Å². The van der Waals surface area contributed by atoms with Crippen LogP contribution in [0.5, 0.6) is 0 Å². The van der Waals surface area contributed by atoms with E-state index >= 15 is 0 Å². The Balaban J connectivity index is 3.38. The Bertz CT molecular complexity index is 424. The summed E-state index contributed by atoms with van der Waals surface area (Å²) >= 11 is 5.68. The highest BCUT2D eigenvalue weighted by Gasteiger charge is 2.16. The van der Waals surface area contributed by atoms with E-state index in [0.717, 1.165) is 0 Å². The standard InChI is InChI=1S/C9H7ClN2O2/c1-6-4-7(10)5-9(12(13)14)8(6)2-3-11/h4-5H,2H2,1H3. The van der Waals surface area contributed by atoms with Crippen LogP contribution in [0.15, 0.2) is 12.1 Å². The Kier molecular flexibility index (Phi) is 3.05. The summed E-state index contributed by atoms with van der Waals surface area (Å²) in [6, 6.07) is 4.77. The number of nitrogens with zero attached hydrogens (tertiary/aromatic N) is 2. The molecule has 5 heteroatoms. The van der Waals surface area contributed by atoms with E-state index in [9.17, 15) is 10.1 Å². The Labute approximate surface area is 85.9 Å². The molecule has 0 bridgehead atoms. The van der Waals surface area contributed by atoms with Gasteiger partial charge in [-0.3, -0.25) is 10.1 Å². The fraction of sp³-hybridized carbons (Fsp3) is 0.222. The van der Waals surface area contributed by atoms with E-state index in [-0.39, 0.29) is 12.1 Å². The van der Waals surface area contributed by atoms with E-state index in [1.807, 2.05) is 6.07 Å². The van der Waals surface area contributed by atoms with E-state index in [1.54, 1.807) is 13.0 Å². The van der Waals surface area contributed by atoms with E-state index in [4.69, 9.17) is 16.9 Å². The van der Waals surface area contributed by atoms with Crippen molar-refractivity contribution in [1.29, 1.82) is 5.26 Å². The maximum absolute atomic E-state index is 10.6. The largest absolute Gasteiger partial charge is 0.275 e. The van der Waals surface area contributed by atoms with E-state index < -0.39 is 4.92 Å². The minimum absolute atomic E-state index is 0.0271. The van der Waals surface area contributed by atoms with Gasteiger partial charge in [0.2, 0.25) is 0 Å².